The SMILES string of the molecule is C(OCC1CO1)C1CO1.CCC(C)O. The molecule has 4 heteroatoms. The summed E-state index contributed by atoms with van der Waals surface area (Å²) < 4.78 is 15.1. The van der Waals surface area contributed by atoms with Crippen LogP contribution in [0.25, 0.3) is 0 Å². The molecule has 0 saturated carbocycles. The van der Waals surface area contributed by atoms with Crippen molar-refractivity contribution in [2.75, 3.05) is 26.4 Å². The lowest BCUT2D eigenvalue weighted by molar-refractivity contribution is 0.102. The lowest BCUT2D eigenvalue weighted by Crippen LogP contribution is -2.06. The van der Waals surface area contributed by atoms with Gasteiger partial charge in [-0.05, 0) is 13.3 Å². The number of hydrogen-bond donors (Lipinski definition) is 1. The van der Waals surface area contributed by atoms with Crippen LogP contribution in [0, 0.1) is 0 Å². The fraction of sp³-hybridized carbons (Fsp3) is 1.00. The van der Waals surface area contributed by atoms with Crippen LogP contribution >= 0.6 is 0 Å². The molecular weight excluding hydrogens is 184 g/mol. The zero-order valence-electron chi connectivity index (χ0n) is 8.94. The van der Waals surface area contributed by atoms with Crippen LogP contribution in [0.3, 0.4) is 0 Å². The Kier molecular flexibility index (Phi) is 5.40. The number of aliphatic hydroxyl groups is 1. The molecule has 4 nitrogen and oxygen atoms in total. The van der Waals surface area contributed by atoms with Crippen molar-refractivity contribution in [2.24, 2.45) is 0 Å². The monoisotopic (exact) mass is 204 g/mol. The Morgan fingerprint density at radius 3 is 1.86 bits per heavy atom. The molecule has 2 aliphatic rings. The first-order valence-electron chi connectivity index (χ1n) is 5.21. The highest BCUT2D eigenvalue weighted by molar-refractivity contribution is 4.71. The van der Waals surface area contributed by atoms with Gasteiger partial charge in [0.2, 0.25) is 0 Å². The molecule has 3 atom stereocenters. The first-order valence-corrected chi connectivity index (χ1v) is 5.21. The third kappa shape index (κ3) is 7.26. The summed E-state index contributed by atoms with van der Waals surface area (Å²) in [5, 5.41) is 8.36. The molecule has 0 amide bonds. The molecule has 0 aromatic rings. The van der Waals surface area contributed by atoms with Gasteiger partial charge in [0.15, 0.2) is 0 Å². The van der Waals surface area contributed by atoms with Crippen molar-refractivity contribution in [1.82, 2.24) is 0 Å². The third-order valence-corrected chi connectivity index (χ3v) is 2.00. The zero-order valence-corrected chi connectivity index (χ0v) is 8.94. The number of ether oxygens (including phenoxy) is 3. The standard InChI is InChI=1S/C6H10O3.C4H10O/c1(5-3-8-5)7-2-6-4-9-6;1-3-4(2)5/h5-6H,1-4H2;4-5H,3H2,1-2H3. The average Bonchev–Trinajstić information content (AvgIpc) is 2.99. The van der Waals surface area contributed by atoms with E-state index in [0.29, 0.717) is 12.2 Å². The Morgan fingerprint density at radius 1 is 1.29 bits per heavy atom. The lowest BCUT2D eigenvalue weighted by atomic mass is 10.3. The van der Waals surface area contributed by atoms with Crippen LogP contribution in [-0.2, 0) is 14.2 Å². The van der Waals surface area contributed by atoms with E-state index < -0.39 is 0 Å². The molecule has 2 rings (SSSR count). The van der Waals surface area contributed by atoms with Gasteiger partial charge in [-0.3, -0.25) is 0 Å². The Bertz CT molecular complexity index is 129. The number of hydrogen-bond acceptors (Lipinski definition) is 4. The van der Waals surface area contributed by atoms with Gasteiger partial charge in [0, 0.05) is 0 Å². The van der Waals surface area contributed by atoms with Gasteiger partial charge in [-0.1, -0.05) is 6.92 Å². The van der Waals surface area contributed by atoms with Gasteiger partial charge >= 0.3 is 0 Å². The van der Waals surface area contributed by atoms with E-state index in [0.717, 1.165) is 32.8 Å². The minimum Gasteiger partial charge on any atom is -0.393 e. The van der Waals surface area contributed by atoms with Crippen molar-refractivity contribution >= 4 is 0 Å². The molecule has 2 heterocycles. The van der Waals surface area contributed by atoms with Crippen LogP contribution in [-0.4, -0.2) is 49.8 Å². The van der Waals surface area contributed by atoms with E-state index in [-0.39, 0.29) is 6.10 Å². The summed E-state index contributed by atoms with van der Waals surface area (Å²) in [5.74, 6) is 0. The first-order chi connectivity index (χ1) is 6.72. The predicted octanol–water partition coefficient (Wildman–Crippen LogP) is 0.578. The van der Waals surface area contributed by atoms with Crippen LogP contribution < -0.4 is 0 Å². The topological polar surface area (TPSA) is 54.5 Å². The molecule has 0 aromatic carbocycles. The molecule has 0 spiro atoms. The maximum atomic E-state index is 8.36. The van der Waals surface area contributed by atoms with E-state index in [9.17, 15) is 0 Å². The zero-order chi connectivity index (χ0) is 10.4. The molecule has 1 N–H and O–H groups in total. The number of aliphatic hydroxyl groups excluding tert-OH is 1. The van der Waals surface area contributed by atoms with Crippen LogP contribution in [0.1, 0.15) is 20.3 Å². The van der Waals surface area contributed by atoms with E-state index >= 15 is 0 Å². The molecule has 0 bridgehead atoms. The van der Waals surface area contributed by atoms with Crippen LogP contribution in [0.4, 0.5) is 0 Å². The van der Waals surface area contributed by atoms with Crippen LogP contribution in [0.5, 0.6) is 0 Å². The smallest absolute Gasteiger partial charge is 0.104 e. The number of rotatable bonds is 5. The largest absolute Gasteiger partial charge is 0.393 e. The molecule has 2 aliphatic heterocycles. The Morgan fingerprint density at radius 2 is 1.64 bits per heavy atom. The molecule has 3 unspecified atom stereocenters. The van der Waals surface area contributed by atoms with Crippen molar-refractivity contribution < 1.29 is 19.3 Å². The van der Waals surface area contributed by atoms with Crippen LogP contribution in [0.15, 0.2) is 0 Å². The van der Waals surface area contributed by atoms with Crippen molar-refractivity contribution in [1.29, 1.82) is 0 Å². The van der Waals surface area contributed by atoms with E-state index in [1.54, 1.807) is 6.92 Å². The summed E-state index contributed by atoms with van der Waals surface area (Å²) in [6, 6.07) is 0. The van der Waals surface area contributed by atoms with Gasteiger partial charge in [0.05, 0.1) is 32.5 Å². The molecule has 84 valence electrons. The lowest BCUT2D eigenvalue weighted by Gasteiger charge is -1.95. The summed E-state index contributed by atoms with van der Waals surface area (Å²) in [4.78, 5) is 0. The second kappa shape index (κ2) is 6.35. The van der Waals surface area contributed by atoms with E-state index in [1.807, 2.05) is 6.92 Å². The van der Waals surface area contributed by atoms with Gasteiger partial charge in [-0.25, -0.2) is 0 Å². The number of epoxide rings is 2. The fourth-order valence-corrected chi connectivity index (χ4v) is 0.659. The molecule has 2 saturated heterocycles. The van der Waals surface area contributed by atoms with E-state index in [1.165, 1.54) is 0 Å². The molecule has 0 aliphatic carbocycles. The quantitative estimate of drug-likeness (QED) is 0.665. The van der Waals surface area contributed by atoms with Gasteiger partial charge in [0.25, 0.3) is 0 Å². The maximum absolute atomic E-state index is 8.36. The van der Waals surface area contributed by atoms with Crippen LogP contribution in [0.2, 0.25) is 0 Å². The van der Waals surface area contributed by atoms with Crippen molar-refractivity contribution in [2.45, 2.75) is 38.6 Å². The maximum Gasteiger partial charge on any atom is 0.104 e. The summed E-state index contributed by atoms with van der Waals surface area (Å²) >= 11 is 0. The summed E-state index contributed by atoms with van der Waals surface area (Å²) in [6.45, 7) is 6.99. The van der Waals surface area contributed by atoms with Crippen molar-refractivity contribution in [3.8, 4) is 0 Å². The molecule has 2 fully saturated rings. The van der Waals surface area contributed by atoms with E-state index in [4.69, 9.17) is 19.3 Å². The van der Waals surface area contributed by atoms with Gasteiger partial charge < -0.3 is 19.3 Å². The van der Waals surface area contributed by atoms with Crippen molar-refractivity contribution in [3.05, 3.63) is 0 Å². The Labute approximate surface area is 85.2 Å². The third-order valence-electron chi connectivity index (χ3n) is 2.00. The minimum atomic E-state index is -0.116. The predicted molar refractivity (Wildman–Crippen MR) is 52.3 cm³/mol. The summed E-state index contributed by atoms with van der Waals surface area (Å²) in [5.41, 5.74) is 0. The first kappa shape index (κ1) is 11.9. The summed E-state index contributed by atoms with van der Waals surface area (Å²) in [6.07, 6.45) is 1.53. The fourth-order valence-electron chi connectivity index (χ4n) is 0.659. The average molecular weight is 204 g/mol. The molecule has 0 aromatic heterocycles. The second-order valence-corrected chi connectivity index (χ2v) is 3.71. The molecule has 14 heavy (non-hydrogen) atoms. The molecule has 0 radical (unpaired) electrons. The van der Waals surface area contributed by atoms with Gasteiger partial charge in [-0.15, -0.1) is 0 Å². The van der Waals surface area contributed by atoms with E-state index in [2.05, 4.69) is 0 Å². The highest BCUT2D eigenvalue weighted by atomic mass is 16.6. The molecular formula is C10H20O4. The van der Waals surface area contributed by atoms with Gasteiger partial charge in [-0.2, -0.15) is 0 Å². The normalized spacial score (nSPS) is 30.2. The van der Waals surface area contributed by atoms with Gasteiger partial charge in [0.1, 0.15) is 12.2 Å². The highest BCUT2D eigenvalue weighted by Gasteiger charge is 2.26. The van der Waals surface area contributed by atoms with Crippen molar-refractivity contribution in [3.63, 3.8) is 0 Å². The second-order valence-electron chi connectivity index (χ2n) is 3.71. The summed E-state index contributed by atoms with van der Waals surface area (Å²) in [7, 11) is 0. The minimum absolute atomic E-state index is 0.116. The Hall–Kier alpha value is -0.160. The highest BCUT2D eigenvalue weighted by Crippen LogP contribution is 2.12. The Balaban J connectivity index is 0.000000171.